The summed E-state index contributed by atoms with van der Waals surface area (Å²) in [6, 6.07) is 6.29. The van der Waals surface area contributed by atoms with Crippen LogP contribution in [0.25, 0.3) is 0 Å². The minimum absolute atomic E-state index is 0.0249. The molecule has 0 unspecified atom stereocenters. The average Bonchev–Trinajstić information content (AvgIpc) is 2.37. The van der Waals surface area contributed by atoms with Gasteiger partial charge >= 0.3 is 0 Å². The number of rotatable bonds is 2. The van der Waals surface area contributed by atoms with Crippen molar-refractivity contribution in [3.63, 3.8) is 0 Å². The molecule has 0 aromatic heterocycles. The third-order valence-electron chi connectivity index (χ3n) is 3.26. The van der Waals surface area contributed by atoms with Gasteiger partial charge in [-0.3, -0.25) is 4.79 Å². The quantitative estimate of drug-likeness (QED) is 0.864. The SMILES string of the molecule is CS(=O)(=O)c1ccccc1C(=O)N1CCC[C@@H](N)C1. The Morgan fingerprint density at radius 1 is 1.37 bits per heavy atom. The molecule has 1 amide bonds. The first-order valence-corrected chi connectivity index (χ1v) is 8.12. The van der Waals surface area contributed by atoms with Crippen LogP contribution in [0, 0.1) is 0 Å². The van der Waals surface area contributed by atoms with Crippen LogP contribution >= 0.6 is 0 Å². The molecule has 1 heterocycles. The Hall–Kier alpha value is -1.40. The topological polar surface area (TPSA) is 80.5 Å². The molecule has 0 bridgehead atoms. The van der Waals surface area contributed by atoms with Crippen molar-refractivity contribution in [3.05, 3.63) is 29.8 Å². The summed E-state index contributed by atoms with van der Waals surface area (Å²) in [4.78, 5) is 14.1. The number of sulfone groups is 1. The predicted octanol–water partition coefficient (Wildman–Crippen LogP) is 0.653. The van der Waals surface area contributed by atoms with Crippen molar-refractivity contribution >= 4 is 15.7 Å². The molecule has 1 atom stereocenters. The highest BCUT2D eigenvalue weighted by molar-refractivity contribution is 7.90. The lowest BCUT2D eigenvalue weighted by atomic mass is 10.1. The number of piperidine rings is 1. The molecule has 5 nitrogen and oxygen atoms in total. The largest absolute Gasteiger partial charge is 0.337 e. The van der Waals surface area contributed by atoms with E-state index in [1.54, 1.807) is 23.1 Å². The molecular weight excluding hydrogens is 264 g/mol. The normalized spacial score (nSPS) is 20.3. The summed E-state index contributed by atoms with van der Waals surface area (Å²) in [7, 11) is -3.41. The molecule has 1 saturated heterocycles. The van der Waals surface area contributed by atoms with Crippen LogP contribution in [0.3, 0.4) is 0 Å². The fourth-order valence-electron chi connectivity index (χ4n) is 2.33. The predicted molar refractivity (Wildman–Crippen MR) is 72.7 cm³/mol. The van der Waals surface area contributed by atoms with E-state index in [1.807, 2.05) is 0 Å². The molecule has 2 rings (SSSR count). The second kappa shape index (κ2) is 5.30. The Kier molecular flexibility index (Phi) is 3.91. The standard InChI is InChI=1S/C13H18N2O3S/c1-19(17,18)12-7-3-2-6-11(12)13(16)15-8-4-5-10(14)9-15/h2-3,6-7,10H,4-5,8-9,14H2,1H3/t10-/m1/s1. The van der Waals surface area contributed by atoms with E-state index in [9.17, 15) is 13.2 Å². The van der Waals surface area contributed by atoms with Gasteiger partial charge in [0.05, 0.1) is 10.5 Å². The molecule has 1 aromatic carbocycles. The number of nitrogens with zero attached hydrogens (tertiary/aromatic N) is 1. The lowest BCUT2D eigenvalue weighted by Crippen LogP contribution is -2.46. The third-order valence-corrected chi connectivity index (χ3v) is 4.42. The van der Waals surface area contributed by atoms with E-state index in [4.69, 9.17) is 5.73 Å². The Labute approximate surface area is 113 Å². The summed E-state index contributed by atoms with van der Waals surface area (Å²) in [6.45, 7) is 1.11. The number of nitrogens with two attached hydrogens (primary N) is 1. The van der Waals surface area contributed by atoms with Gasteiger partial charge < -0.3 is 10.6 Å². The van der Waals surface area contributed by atoms with Crippen molar-refractivity contribution < 1.29 is 13.2 Å². The van der Waals surface area contributed by atoms with Crippen LogP contribution in [0.4, 0.5) is 0 Å². The van der Waals surface area contributed by atoms with Crippen LogP contribution in [0.5, 0.6) is 0 Å². The van der Waals surface area contributed by atoms with E-state index in [2.05, 4.69) is 0 Å². The first-order chi connectivity index (χ1) is 8.89. The van der Waals surface area contributed by atoms with Gasteiger partial charge in [0.15, 0.2) is 9.84 Å². The molecule has 0 aliphatic carbocycles. The second-order valence-electron chi connectivity index (χ2n) is 4.92. The smallest absolute Gasteiger partial charge is 0.255 e. The number of benzene rings is 1. The molecule has 0 radical (unpaired) electrons. The van der Waals surface area contributed by atoms with Gasteiger partial charge in [-0.1, -0.05) is 12.1 Å². The molecule has 104 valence electrons. The lowest BCUT2D eigenvalue weighted by Gasteiger charge is -2.31. The molecule has 19 heavy (non-hydrogen) atoms. The summed E-state index contributed by atoms with van der Waals surface area (Å²) in [6.07, 6.45) is 2.87. The maximum absolute atomic E-state index is 12.4. The highest BCUT2D eigenvalue weighted by atomic mass is 32.2. The zero-order chi connectivity index (χ0) is 14.0. The van der Waals surface area contributed by atoms with Crippen molar-refractivity contribution in [1.82, 2.24) is 4.90 Å². The molecule has 1 aliphatic rings. The fraction of sp³-hybridized carbons (Fsp3) is 0.462. The van der Waals surface area contributed by atoms with Crippen molar-refractivity contribution in [2.75, 3.05) is 19.3 Å². The number of hydrogen-bond acceptors (Lipinski definition) is 4. The summed E-state index contributed by atoms with van der Waals surface area (Å²) in [5.74, 6) is -0.254. The summed E-state index contributed by atoms with van der Waals surface area (Å²) < 4.78 is 23.4. The van der Waals surface area contributed by atoms with Gasteiger partial charge in [0.2, 0.25) is 0 Å². The van der Waals surface area contributed by atoms with Crippen molar-refractivity contribution in [3.8, 4) is 0 Å². The van der Waals surface area contributed by atoms with E-state index >= 15 is 0 Å². The van der Waals surface area contributed by atoms with E-state index < -0.39 is 9.84 Å². The minimum Gasteiger partial charge on any atom is -0.337 e. The molecule has 2 N–H and O–H groups in total. The van der Waals surface area contributed by atoms with E-state index in [-0.39, 0.29) is 22.4 Å². The minimum atomic E-state index is -3.41. The summed E-state index contributed by atoms with van der Waals surface area (Å²) in [5.41, 5.74) is 6.09. The maximum atomic E-state index is 12.4. The highest BCUT2D eigenvalue weighted by Gasteiger charge is 2.26. The van der Waals surface area contributed by atoms with Crippen LogP contribution < -0.4 is 5.73 Å². The monoisotopic (exact) mass is 282 g/mol. The number of carbonyl (C=O) groups is 1. The van der Waals surface area contributed by atoms with Gasteiger partial charge in [0.1, 0.15) is 0 Å². The summed E-state index contributed by atoms with van der Waals surface area (Å²) in [5, 5.41) is 0. The zero-order valence-electron chi connectivity index (χ0n) is 10.9. The number of likely N-dealkylation sites (tertiary alicyclic amines) is 1. The molecule has 1 fully saturated rings. The third kappa shape index (κ3) is 3.13. The van der Waals surface area contributed by atoms with Gasteiger partial charge in [-0.25, -0.2) is 8.42 Å². The van der Waals surface area contributed by atoms with Crippen LogP contribution in [0.1, 0.15) is 23.2 Å². The number of amides is 1. The van der Waals surface area contributed by atoms with Crippen molar-refractivity contribution in [1.29, 1.82) is 0 Å². The molecule has 0 spiro atoms. The fourth-order valence-corrected chi connectivity index (χ4v) is 3.21. The number of hydrogen-bond donors (Lipinski definition) is 1. The average molecular weight is 282 g/mol. The second-order valence-corrected chi connectivity index (χ2v) is 6.91. The maximum Gasteiger partial charge on any atom is 0.255 e. The lowest BCUT2D eigenvalue weighted by molar-refractivity contribution is 0.0705. The van der Waals surface area contributed by atoms with E-state index in [0.717, 1.165) is 19.1 Å². The Morgan fingerprint density at radius 2 is 2.05 bits per heavy atom. The summed E-state index contributed by atoms with van der Waals surface area (Å²) >= 11 is 0. The Balaban J connectivity index is 2.34. The van der Waals surface area contributed by atoms with Crippen LogP contribution in [0.15, 0.2) is 29.2 Å². The van der Waals surface area contributed by atoms with Crippen molar-refractivity contribution in [2.45, 2.75) is 23.8 Å². The van der Waals surface area contributed by atoms with Crippen LogP contribution in [0.2, 0.25) is 0 Å². The van der Waals surface area contributed by atoms with Gasteiger partial charge in [-0.2, -0.15) is 0 Å². The highest BCUT2D eigenvalue weighted by Crippen LogP contribution is 2.19. The van der Waals surface area contributed by atoms with Crippen molar-refractivity contribution in [2.24, 2.45) is 5.73 Å². The molecule has 1 aromatic rings. The Bertz CT molecular complexity index is 583. The Morgan fingerprint density at radius 3 is 2.68 bits per heavy atom. The van der Waals surface area contributed by atoms with Gasteiger partial charge in [0, 0.05) is 25.4 Å². The first-order valence-electron chi connectivity index (χ1n) is 6.23. The van der Waals surface area contributed by atoms with Crippen LogP contribution in [-0.4, -0.2) is 44.6 Å². The van der Waals surface area contributed by atoms with E-state index in [0.29, 0.717) is 13.1 Å². The first kappa shape index (κ1) is 14.0. The molecule has 0 saturated carbocycles. The van der Waals surface area contributed by atoms with E-state index in [1.165, 1.54) is 6.07 Å². The molecular formula is C13H18N2O3S. The van der Waals surface area contributed by atoms with Crippen LogP contribution in [-0.2, 0) is 9.84 Å². The van der Waals surface area contributed by atoms with Gasteiger partial charge in [0.25, 0.3) is 5.91 Å². The molecule has 6 heteroatoms. The molecule has 1 aliphatic heterocycles. The number of carbonyl (C=O) groups excluding carboxylic acids is 1. The zero-order valence-corrected chi connectivity index (χ0v) is 11.7. The van der Waals surface area contributed by atoms with Gasteiger partial charge in [-0.05, 0) is 25.0 Å². The van der Waals surface area contributed by atoms with Gasteiger partial charge in [-0.15, -0.1) is 0 Å².